The average molecular weight is 551 g/mol. The standard InChI is InChI=1S/C33H47ClN4O/c1-8-11-17-38-29(32(34)35-33(38)31-26(9-2)13-12-14-27(31)10-3)22-36-18-20-37(21-19-36)25(6)28-15-16-30(39-7)24(5)23(28)4/h12-16,25H,8-11,17-22H2,1-7H3. The molecule has 212 valence electrons. The molecular formula is C33H47ClN4O. The minimum atomic E-state index is 0.375. The molecule has 0 saturated carbocycles. The van der Waals surface area contributed by atoms with Crippen LogP contribution >= 0.6 is 11.6 Å². The first-order valence-corrected chi connectivity index (χ1v) is 15.2. The minimum absolute atomic E-state index is 0.375. The van der Waals surface area contributed by atoms with E-state index in [-0.39, 0.29) is 0 Å². The number of aromatic nitrogens is 2. The third-order valence-corrected chi connectivity index (χ3v) is 9.06. The van der Waals surface area contributed by atoms with Gasteiger partial charge in [0.25, 0.3) is 0 Å². The molecule has 5 nitrogen and oxygen atoms in total. The van der Waals surface area contributed by atoms with Gasteiger partial charge in [-0.05, 0) is 73.9 Å². The van der Waals surface area contributed by atoms with Crippen molar-refractivity contribution in [3.8, 4) is 17.1 Å². The molecule has 1 saturated heterocycles. The van der Waals surface area contributed by atoms with Crippen molar-refractivity contribution in [3.63, 3.8) is 0 Å². The summed E-state index contributed by atoms with van der Waals surface area (Å²) in [6.45, 7) is 19.3. The van der Waals surface area contributed by atoms with Crippen LogP contribution in [0.1, 0.15) is 80.1 Å². The van der Waals surface area contributed by atoms with Crippen LogP contribution in [0.15, 0.2) is 30.3 Å². The number of imidazole rings is 1. The SMILES string of the molecule is CCCCn1c(-c2c(CC)cccc2CC)nc(Cl)c1CN1CCN(C(C)c2ccc(OC)c(C)c2C)CC1. The zero-order valence-corrected chi connectivity index (χ0v) is 25.9. The van der Waals surface area contributed by atoms with E-state index >= 15 is 0 Å². The predicted molar refractivity (Wildman–Crippen MR) is 164 cm³/mol. The number of aryl methyl sites for hydroxylation is 2. The summed E-state index contributed by atoms with van der Waals surface area (Å²) in [6, 6.07) is 11.4. The molecule has 1 aliphatic heterocycles. The third kappa shape index (κ3) is 6.21. The van der Waals surface area contributed by atoms with Gasteiger partial charge in [-0.25, -0.2) is 4.98 Å². The molecule has 0 N–H and O–H groups in total. The van der Waals surface area contributed by atoms with Crippen LogP contribution in [0.5, 0.6) is 5.75 Å². The van der Waals surface area contributed by atoms with E-state index in [0.29, 0.717) is 11.2 Å². The van der Waals surface area contributed by atoms with E-state index < -0.39 is 0 Å². The number of nitrogens with zero attached hydrogens (tertiary/aromatic N) is 4. The second kappa shape index (κ2) is 13.3. The number of ether oxygens (including phenoxy) is 1. The smallest absolute Gasteiger partial charge is 0.152 e. The monoisotopic (exact) mass is 550 g/mol. The molecule has 1 fully saturated rings. The number of benzene rings is 2. The molecule has 6 heteroatoms. The highest BCUT2D eigenvalue weighted by Crippen LogP contribution is 2.34. The van der Waals surface area contributed by atoms with Gasteiger partial charge in [0.05, 0.1) is 12.8 Å². The number of rotatable bonds is 11. The molecule has 3 aromatic rings. The molecule has 0 amide bonds. The fourth-order valence-electron chi connectivity index (χ4n) is 6.09. The quantitative estimate of drug-likeness (QED) is 0.246. The Morgan fingerprint density at radius 2 is 1.62 bits per heavy atom. The van der Waals surface area contributed by atoms with Gasteiger partial charge in [0.15, 0.2) is 5.15 Å². The molecule has 1 aromatic heterocycles. The molecule has 2 heterocycles. The molecule has 1 atom stereocenters. The molecule has 0 radical (unpaired) electrons. The van der Waals surface area contributed by atoms with Crippen molar-refractivity contribution in [2.75, 3.05) is 33.3 Å². The second-order valence-electron chi connectivity index (χ2n) is 10.9. The van der Waals surface area contributed by atoms with Gasteiger partial charge in [0.1, 0.15) is 11.6 Å². The van der Waals surface area contributed by atoms with Gasteiger partial charge < -0.3 is 9.30 Å². The topological polar surface area (TPSA) is 33.5 Å². The third-order valence-electron chi connectivity index (χ3n) is 8.76. The summed E-state index contributed by atoms with van der Waals surface area (Å²) >= 11 is 6.93. The molecule has 39 heavy (non-hydrogen) atoms. The van der Waals surface area contributed by atoms with Gasteiger partial charge in [-0.2, -0.15) is 0 Å². The lowest BCUT2D eigenvalue weighted by atomic mass is 9.96. The van der Waals surface area contributed by atoms with Gasteiger partial charge in [-0.1, -0.05) is 63.1 Å². The maximum Gasteiger partial charge on any atom is 0.152 e. The highest BCUT2D eigenvalue weighted by Gasteiger charge is 2.27. The van der Waals surface area contributed by atoms with Crippen molar-refractivity contribution in [3.05, 3.63) is 69.0 Å². The molecule has 2 aromatic carbocycles. The first-order valence-electron chi connectivity index (χ1n) is 14.8. The molecule has 1 unspecified atom stereocenters. The highest BCUT2D eigenvalue weighted by molar-refractivity contribution is 6.30. The van der Waals surface area contributed by atoms with Crippen molar-refractivity contribution >= 4 is 11.6 Å². The van der Waals surface area contributed by atoms with Crippen LogP contribution in [0.25, 0.3) is 11.4 Å². The Labute approximate surface area is 241 Å². The van der Waals surface area contributed by atoms with Gasteiger partial charge in [-0.15, -0.1) is 0 Å². The van der Waals surface area contributed by atoms with Crippen molar-refractivity contribution in [1.82, 2.24) is 19.4 Å². The molecule has 1 aliphatic rings. The number of halogens is 1. The second-order valence-corrected chi connectivity index (χ2v) is 11.3. The fourth-order valence-corrected chi connectivity index (χ4v) is 6.33. The highest BCUT2D eigenvalue weighted by atomic mass is 35.5. The average Bonchev–Trinajstić information content (AvgIpc) is 3.26. The van der Waals surface area contributed by atoms with E-state index in [4.69, 9.17) is 21.3 Å². The Morgan fingerprint density at radius 3 is 2.21 bits per heavy atom. The van der Waals surface area contributed by atoms with Gasteiger partial charge >= 0.3 is 0 Å². The number of hydrogen-bond acceptors (Lipinski definition) is 4. The van der Waals surface area contributed by atoms with Crippen molar-refractivity contribution in [1.29, 1.82) is 0 Å². The Morgan fingerprint density at radius 1 is 0.949 bits per heavy atom. The first-order chi connectivity index (χ1) is 18.8. The van der Waals surface area contributed by atoms with Crippen molar-refractivity contribution in [2.45, 2.75) is 86.4 Å². The summed E-state index contributed by atoms with van der Waals surface area (Å²) in [7, 11) is 1.75. The van der Waals surface area contributed by atoms with E-state index in [9.17, 15) is 0 Å². The summed E-state index contributed by atoms with van der Waals surface area (Å²) in [6.07, 6.45) is 4.24. The van der Waals surface area contributed by atoms with Gasteiger partial charge in [0, 0.05) is 50.9 Å². The predicted octanol–water partition coefficient (Wildman–Crippen LogP) is 7.63. The normalized spacial score (nSPS) is 15.6. The lowest BCUT2D eigenvalue weighted by Gasteiger charge is -2.39. The summed E-state index contributed by atoms with van der Waals surface area (Å²) in [5.41, 5.74) is 9.13. The van der Waals surface area contributed by atoms with Crippen LogP contribution in [0.3, 0.4) is 0 Å². The molecule has 0 spiro atoms. The minimum Gasteiger partial charge on any atom is -0.496 e. The van der Waals surface area contributed by atoms with Crippen LogP contribution in [-0.2, 0) is 25.9 Å². The maximum atomic E-state index is 6.93. The molecule has 4 rings (SSSR count). The van der Waals surface area contributed by atoms with Gasteiger partial charge in [0.2, 0.25) is 0 Å². The van der Waals surface area contributed by atoms with Crippen LogP contribution in [0.4, 0.5) is 0 Å². The molecule has 0 aliphatic carbocycles. The van der Waals surface area contributed by atoms with Crippen molar-refractivity contribution in [2.24, 2.45) is 0 Å². The van der Waals surface area contributed by atoms with E-state index in [0.717, 1.165) is 82.2 Å². The maximum absolute atomic E-state index is 6.93. The summed E-state index contributed by atoms with van der Waals surface area (Å²) < 4.78 is 7.97. The Kier molecular flexibility index (Phi) is 10.1. The lowest BCUT2D eigenvalue weighted by Crippen LogP contribution is -2.47. The van der Waals surface area contributed by atoms with E-state index in [1.54, 1.807) is 7.11 Å². The van der Waals surface area contributed by atoms with Crippen molar-refractivity contribution < 1.29 is 4.74 Å². The summed E-state index contributed by atoms with van der Waals surface area (Å²) in [4.78, 5) is 10.2. The first kappa shape index (κ1) is 29.6. The Hall–Kier alpha value is -2.34. The van der Waals surface area contributed by atoms with Gasteiger partial charge in [-0.3, -0.25) is 9.80 Å². The van der Waals surface area contributed by atoms with E-state index in [1.165, 1.54) is 33.4 Å². The number of methoxy groups -OCH3 is 1. The number of piperazine rings is 1. The summed E-state index contributed by atoms with van der Waals surface area (Å²) in [5.74, 6) is 2.02. The number of unbranched alkanes of at least 4 members (excludes halogenated alkanes) is 1. The van der Waals surface area contributed by atoms with Crippen LogP contribution < -0.4 is 4.74 Å². The van der Waals surface area contributed by atoms with Crippen LogP contribution in [-0.4, -0.2) is 52.6 Å². The van der Waals surface area contributed by atoms with E-state index in [1.807, 2.05) is 0 Å². The largest absolute Gasteiger partial charge is 0.496 e. The number of hydrogen-bond donors (Lipinski definition) is 0. The summed E-state index contributed by atoms with van der Waals surface area (Å²) in [5, 5.41) is 0.661. The molecular weight excluding hydrogens is 504 g/mol. The van der Waals surface area contributed by atoms with Crippen LogP contribution in [0, 0.1) is 13.8 Å². The van der Waals surface area contributed by atoms with E-state index in [2.05, 4.69) is 86.2 Å². The lowest BCUT2D eigenvalue weighted by molar-refractivity contribution is 0.0961. The Bertz CT molecular complexity index is 1240. The fraction of sp³-hybridized carbons (Fsp3) is 0.545. The zero-order valence-electron chi connectivity index (χ0n) is 25.1. The Balaban J connectivity index is 1.54. The zero-order chi connectivity index (χ0) is 28.1. The molecule has 0 bridgehead atoms. The van der Waals surface area contributed by atoms with Crippen LogP contribution in [0.2, 0.25) is 5.15 Å².